The summed E-state index contributed by atoms with van der Waals surface area (Å²) in [6, 6.07) is 11.7. The van der Waals surface area contributed by atoms with Crippen molar-refractivity contribution in [1.29, 1.82) is 0 Å². The number of aromatic amines is 1. The van der Waals surface area contributed by atoms with Gasteiger partial charge in [0.2, 0.25) is 5.91 Å². The molecule has 2 aromatic carbocycles. The van der Waals surface area contributed by atoms with Gasteiger partial charge in [0, 0.05) is 45.8 Å². The molecule has 1 aliphatic heterocycles. The van der Waals surface area contributed by atoms with E-state index in [1.165, 1.54) is 0 Å². The highest BCUT2D eigenvalue weighted by molar-refractivity contribution is 6.32. The molecule has 0 bridgehead atoms. The molecule has 0 saturated carbocycles. The Morgan fingerprint density at radius 3 is 2.88 bits per heavy atom. The molecular formula is C19H17ClN4O2. The summed E-state index contributed by atoms with van der Waals surface area (Å²) in [5.74, 6) is -0.489. The Morgan fingerprint density at radius 1 is 1.23 bits per heavy atom. The molecule has 0 unspecified atom stereocenters. The predicted molar refractivity (Wildman–Crippen MR) is 101 cm³/mol. The lowest BCUT2D eigenvalue weighted by molar-refractivity contribution is -0.117. The maximum absolute atomic E-state index is 12.2. The molecular weight excluding hydrogens is 352 g/mol. The minimum atomic E-state index is -0.384. The van der Waals surface area contributed by atoms with Gasteiger partial charge in [-0.1, -0.05) is 23.7 Å². The van der Waals surface area contributed by atoms with Gasteiger partial charge in [-0.25, -0.2) is 0 Å². The summed E-state index contributed by atoms with van der Waals surface area (Å²) in [5.41, 5.74) is 10.3. The predicted octanol–water partition coefficient (Wildman–Crippen LogP) is 2.31. The van der Waals surface area contributed by atoms with Crippen LogP contribution in [0.3, 0.4) is 0 Å². The van der Waals surface area contributed by atoms with E-state index in [1.54, 1.807) is 0 Å². The molecule has 5 N–H and O–H groups in total. The van der Waals surface area contributed by atoms with Gasteiger partial charge in [0.15, 0.2) is 0 Å². The van der Waals surface area contributed by atoms with Crippen molar-refractivity contribution < 1.29 is 9.59 Å². The van der Waals surface area contributed by atoms with Crippen molar-refractivity contribution in [3.05, 3.63) is 58.1 Å². The van der Waals surface area contributed by atoms with Crippen LogP contribution >= 0.6 is 11.6 Å². The number of benzene rings is 2. The number of hydrogen-bond donors (Lipinski definition) is 4. The first-order chi connectivity index (χ1) is 12.5. The van der Waals surface area contributed by atoms with Gasteiger partial charge in [0.1, 0.15) is 0 Å². The third-order valence-electron chi connectivity index (χ3n) is 4.51. The summed E-state index contributed by atoms with van der Waals surface area (Å²) in [6.07, 6.45) is 0. The second-order valence-electron chi connectivity index (χ2n) is 6.31. The Kier molecular flexibility index (Phi) is 4.14. The lowest BCUT2D eigenvalue weighted by atomic mass is 10.0. The summed E-state index contributed by atoms with van der Waals surface area (Å²) < 4.78 is 0. The van der Waals surface area contributed by atoms with E-state index < -0.39 is 0 Å². The summed E-state index contributed by atoms with van der Waals surface area (Å²) in [5, 5.41) is 7.45. The molecule has 7 heteroatoms. The molecule has 4 rings (SSSR count). The average Bonchev–Trinajstić information content (AvgIpc) is 3.19. The van der Waals surface area contributed by atoms with Crippen molar-refractivity contribution >= 4 is 34.3 Å². The second kappa shape index (κ2) is 6.48. The van der Waals surface area contributed by atoms with Crippen LogP contribution in [-0.4, -0.2) is 23.3 Å². The van der Waals surface area contributed by atoms with Crippen LogP contribution in [0.4, 0.5) is 0 Å². The lowest BCUT2D eigenvalue weighted by Crippen LogP contribution is -2.28. The third kappa shape index (κ3) is 2.94. The van der Waals surface area contributed by atoms with Crippen LogP contribution in [0.15, 0.2) is 36.4 Å². The maximum Gasteiger partial charge on any atom is 0.252 e. The van der Waals surface area contributed by atoms with Crippen molar-refractivity contribution in [1.82, 2.24) is 15.6 Å². The standard InChI is InChI=1S/C19H17ClN4O2/c20-14-3-2-12(18-13(14)8-23-19(18)26)16-6-11-5-10(1-4-15(11)24-16)7-22-9-17(21)25/h1-6,22,24H,7-9H2,(H2,21,25)(H,23,26). The van der Waals surface area contributed by atoms with Gasteiger partial charge in [0.25, 0.3) is 5.91 Å². The van der Waals surface area contributed by atoms with Crippen LogP contribution in [0.2, 0.25) is 5.02 Å². The van der Waals surface area contributed by atoms with E-state index in [4.69, 9.17) is 17.3 Å². The minimum absolute atomic E-state index is 0.104. The molecule has 1 aromatic heterocycles. The Hall–Kier alpha value is -2.83. The molecule has 3 aromatic rings. The minimum Gasteiger partial charge on any atom is -0.369 e. The first-order valence-electron chi connectivity index (χ1n) is 8.23. The van der Waals surface area contributed by atoms with E-state index >= 15 is 0 Å². The van der Waals surface area contributed by atoms with Crippen LogP contribution in [0.1, 0.15) is 21.5 Å². The molecule has 0 saturated heterocycles. The molecule has 0 fully saturated rings. The fraction of sp³-hybridized carbons (Fsp3) is 0.158. The number of fused-ring (bicyclic) bond motifs is 2. The summed E-state index contributed by atoms with van der Waals surface area (Å²) in [6.45, 7) is 1.15. The number of carbonyl (C=O) groups is 2. The number of H-pyrrole nitrogens is 1. The van der Waals surface area contributed by atoms with Gasteiger partial charge in [-0.05, 0) is 29.8 Å². The Morgan fingerprint density at radius 2 is 2.08 bits per heavy atom. The number of amides is 2. The highest BCUT2D eigenvalue weighted by Gasteiger charge is 2.26. The van der Waals surface area contributed by atoms with E-state index in [9.17, 15) is 9.59 Å². The lowest BCUT2D eigenvalue weighted by Gasteiger charge is -2.06. The highest BCUT2D eigenvalue weighted by Crippen LogP contribution is 2.34. The molecule has 132 valence electrons. The van der Waals surface area contributed by atoms with Crippen molar-refractivity contribution in [3.63, 3.8) is 0 Å². The van der Waals surface area contributed by atoms with E-state index in [1.807, 2.05) is 36.4 Å². The van der Waals surface area contributed by atoms with E-state index in [0.717, 1.165) is 33.3 Å². The van der Waals surface area contributed by atoms with Crippen LogP contribution in [0, 0.1) is 0 Å². The summed E-state index contributed by atoms with van der Waals surface area (Å²) >= 11 is 6.22. The number of rotatable bonds is 5. The van der Waals surface area contributed by atoms with Gasteiger partial charge in [-0.15, -0.1) is 0 Å². The van der Waals surface area contributed by atoms with Crippen LogP contribution < -0.4 is 16.4 Å². The molecule has 0 aliphatic carbocycles. The quantitative estimate of drug-likeness (QED) is 0.556. The van der Waals surface area contributed by atoms with E-state index in [0.29, 0.717) is 23.7 Å². The number of halogens is 1. The molecule has 0 radical (unpaired) electrons. The van der Waals surface area contributed by atoms with Gasteiger partial charge in [0.05, 0.1) is 12.1 Å². The molecule has 26 heavy (non-hydrogen) atoms. The molecule has 0 spiro atoms. The Balaban J connectivity index is 1.70. The SMILES string of the molecule is NC(=O)CNCc1ccc2[nH]c(-c3ccc(Cl)c4c3C(=O)NC4)cc2c1. The fourth-order valence-electron chi connectivity index (χ4n) is 3.30. The molecule has 0 atom stereocenters. The highest BCUT2D eigenvalue weighted by atomic mass is 35.5. The average molecular weight is 369 g/mol. The molecule has 2 heterocycles. The first kappa shape index (κ1) is 16.6. The molecule has 6 nitrogen and oxygen atoms in total. The number of carbonyl (C=O) groups excluding carboxylic acids is 2. The topological polar surface area (TPSA) is 100 Å². The zero-order valence-electron chi connectivity index (χ0n) is 13.9. The Bertz CT molecular complexity index is 1040. The van der Waals surface area contributed by atoms with Gasteiger partial charge in [-0.2, -0.15) is 0 Å². The normalized spacial score (nSPS) is 13.0. The fourth-order valence-corrected chi connectivity index (χ4v) is 3.53. The smallest absolute Gasteiger partial charge is 0.252 e. The van der Waals surface area contributed by atoms with Crippen LogP contribution in [-0.2, 0) is 17.9 Å². The Labute approximate surface area is 154 Å². The van der Waals surface area contributed by atoms with Crippen molar-refractivity contribution in [2.75, 3.05) is 6.54 Å². The largest absolute Gasteiger partial charge is 0.369 e. The molecule has 1 aliphatic rings. The monoisotopic (exact) mass is 368 g/mol. The first-order valence-corrected chi connectivity index (χ1v) is 8.61. The summed E-state index contributed by atoms with van der Waals surface area (Å²) in [7, 11) is 0. The van der Waals surface area contributed by atoms with Crippen LogP contribution in [0.25, 0.3) is 22.2 Å². The number of nitrogens with two attached hydrogens (primary N) is 1. The maximum atomic E-state index is 12.2. The number of nitrogens with one attached hydrogen (secondary N) is 3. The number of hydrogen-bond acceptors (Lipinski definition) is 3. The van der Waals surface area contributed by atoms with E-state index in [-0.39, 0.29) is 18.4 Å². The molecule has 2 amide bonds. The number of primary amides is 1. The number of aromatic nitrogens is 1. The third-order valence-corrected chi connectivity index (χ3v) is 4.87. The summed E-state index contributed by atoms with van der Waals surface area (Å²) in [4.78, 5) is 26.4. The van der Waals surface area contributed by atoms with Crippen LogP contribution in [0.5, 0.6) is 0 Å². The van der Waals surface area contributed by atoms with Gasteiger partial charge >= 0.3 is 0 Å². The van der Waals surface area contributed by atoms with Gasteiger partial charge in [-0.3, -0.25) is 9.59 Å². The van der Waals surface area contributed by atoms with Gasteiger partial charge < -0.3 is 21.4 Å². The zero-order valence-corrected chi connectivity index (χ0v) is 14.6. The second-order valence-corrected chi connectivity index (χ2v) is 6.71. The zero-order chi connectivity index (χ0) is 18.3. The van der Waals surface area contributed by atoms with E-state index in [2.05, 4.69) is 15.6 Å². The van der Waals surface area contributed by atoms with Crippen molar-refractivity contribution in [2.24, 2.45) is 5.73 Å². The van der Waals surface area contributed by atoms with Crippen molar-refractivity contribution in [2.45, 2.75) is 13.1 Å². The van der Waals surface area contributed by atoms with Crippen molar-refractivity contribution in [3.8, 4) is 11.3 Å².